The summed E-state index contributed by atoms with van der Waals surface area (Å²) >= 11 is 0. The predicted molar refractivity (Wildman–Crippen MR) is 113 cm³/mol. The summed E-state index contributed by atoms with van der Waals surface area (Å²) in [6, 6.07) is 19.0. The van der Waals surface area contributed by atoms with Gasteiger partial charge in [0, 0.05) is 11.8 Å². The third-order valence-corrected chi connectivity index (χ3v) is 4.02. The molecule has 0 fully saturated rings. The number of ketones is 1. The minimum Gasteiger partial charge on any atom is -0.496 e. The number of hydrogen-bond acceptors (Lipinski definition) is 4. The van der Waals surface area contributed by atoms with Gasteiger partial charge < -0.3 is 9.47 Å². The standard InChI is InChI=1S/C15H15NO.C9H10O2/c1-11-6-4-7-14(10-11)13(3)17-15-8-5-9-16-12(15)2;1-7(10)8-5-3-4-6-9(8)11-2/h4-10H,3H2,1-2H3;3-6H,1-2H3. The number of carbonyl (C=O) groups is 1. The van der Waals surface area contributed by atoms with E-state index < -0.39 is 0 Å². The Bertz CT molecular complexity index is 963. The number of Topliss-reactive ketones (excluding diaryl/α,β-unsaturated/α-hetero) is 1. The number of aryl methyl sites for hydroxylation is 2. The van der Waals surface area contributed by atoms with Crippen LogP contribution in [-0.2, 0) is 0 Å². The van der Waals surface area contributed by atoms with Gasteiger partial charge in [0.2, 0.25) is 0 Å². The van der Waals surface area contributed by atoms with Crippen molar-refractivity contribution in [2.24, 2.45) is 0 Å². The summed E-state index contributed by atoms with van der Waals surface area (Å²) in [5.41, 5.74) is 3.68. The Morgan fingerprint density at radius 2 is 1.68 bits per heavy atom. The quantitative estimate of drug-likeness (QED) is 0.427. The van der Waals surface area contributed by atoms with Gasteiger partial charge in [-0.15, -0.1) is 0 Å². The van der Waals surface area contributed by atoms with Gasteiger partial charge in [0.1, 0.15) is 17.3 Å². The molecule has 0 N–H and O–H groups in total. The van der Waals surface area contributed by atoms with Crippen molar-refractivity contribution in [3.63, 3.8) is 0 Å². The fraction of sp³-hybridized carbons (Fsp3) is 0.167. The maximum Gasteiger partial charge on any atom is 0.163 e. The molecule has 0 amide bonds. The Morgan fingerprint density at radius 1 is 0.964 bits per heavy atom. The second kappa shape index (κ2) is 10.1. The van der Waals surface area contributed by atoms with Crippen LogP contribution in [0.3, 0.4) is 0 Å². The molecule has 0 spiro atoms. The van der Waals surface area contributed by atoms with Crippen LogP contribution in [0.2, 0.25) is 0 Å². The Balaban J connectivity index is 0.000000221. The zero-order chi connectivity index (χ0) is 20.5. The van der Waals surface area contributed by atoms with Crippen molar-refractivity contribution in [2.75, 3.05) is 7.11 Å². The average Bonchev–Trinajstić information content (AvgIpc) is 2.70. The van der Waals surface area contributed by atoms with Crippen molar-refractivity contribution in [3.8, 4) is 11.5 Å². The lowest BCUT2D eigenvalue weighted by Gasteiger charge is -2.10. The number of para-hydroxylation sites is 1. The first kappa shape index (κ1) is 20.9. The smallest absolute Gasteiger partial charge is 0.163 e. The molecule has 0 atom stereocenters. The van der Waals surface area contributed by atoms with Gasteiger partial charge in [-0.25, -0.2) is 0 Å². The number of pyridine rings is 1. The van der Waals surface area contributed by atoms with Crippen LogP contribution < -0.4 is 9.47 Å². The summed E-state index contributed by atoms with van der Waals surface area (Å²) in [4.78, 5) is 15.1. The number of aromatic nitrogens is 1. The molecule has 28 heavy (non-hydrogen) atoms. The van der Waals surface area contributed by atoms with Crippen LogP contribution in [0, 0.1) is 13.8 Å². The molecule has 1 heterocycles. The van der Waals surface area contributed by atoms with Gasteiger partial charge in [-0.1, -0.05) is 42.5 Å². The zero-order valence-electron chi connectivity index (χ0n) is 16.7. The highest BCUT2D eigenvalue weighted by Crippen LogP contribution is 2.22. The molecule has 3 rings (SSSR count). The molecule has 3 aromatic rings. The molecule has 0 bridgehead atoms. The average molecular weight is 375 g/mol. The highest BCUT2D eigenvalue weighted by molar-refractivity contribution is 5.96. The van der Waals surface area contributed by atoms with E-state index in [1.165, 1.54) is 12.5 Å². The maximum absolute atomic E-state index is 10.9. The molecule has 0 saturated carbocycles. The molecule has 1 aromatic heterocycles. The number of ether oxygens (including phenoxy) is 2. The topological polar surface area (TPSA) is 48.4 Å². The van der Waals surface area contributed by atoms with E-state index in [4.69, 9.17) is 9.47 Å². The molecular formula is C24H25NO3. The first-order valence-corrected chi connectivity index (χ1v) is 8.91. The maximum atomic E-state index is 10.9. The van der Waals surface area contributed by atoms with E-state index in [9.17, 15) is 4.79 Å². The summed E-state index contributed by atoms with van der Waals surface area (Å²) in [7, 11) is 1.56. The molecule has 0 aliphatic heterocycles. The summed E-state index contributed by atoms with van der Waals surface area (Å²) in [6.45, 7) is 9.44. The summed E-state index contributed by atoms with van der Waals surface area (Å²) in [5, 5.41) is 0. The second-order valence-electron chi connectivity index (χ2n) is 6.24. The number of rotatable bonds is 5. The van der Waals surface area contributed by atoms with Crippen LogP contribution >= 0.6 is 0 Å². The fourth-order valence-electron chi connectivity index (χ4n) is 2.52. The third kappa shape index (κ3) is 5.81. The van der Waals surface area contributed by atoms with E-state index in [1.54, 1.807) is 25.4 Å². The Hall–Kier alpha value is -3.40. The van der Waals surface area contributed by atoms with Crippen LogP contribution in [-0.4, -0.2) is 17.9 Å². The zero-order valence-corrected chi connectivity index (χ0v) is 16.7. The number of benzene rings is 2. The third-order valence-electron chi connectivity index (χ3n) is 4.02. The minimum absolute atomic E-state index is 0.0300. The number of hydrogen-bond donors (Lipinski definition) is 0. The Morgan fingerprint density at radius 3 is 2.29 bits per heavy atom. The van der Waals surface area contributed by atoms with Crippen LogP contribution in [0.25, 0.3) is 5.76 Å². The SMILES string of the molecule is C=C(Oc1cccnc1C)c1cccc(C)c1.COc1ccccc1C(C)=O. The number of methoxy groups -OCH3 is 1. The highest BCUT2D eigenvalue weighted by Gasteiger charge is 2.05. The lowest BCUT2D eigenvalue weighted by atomic mass is 10.1. The second-order valence-corrected chi connectivity index (χ2v) is 6.24. The van der Waals surface area contributed by atoms with Gasteiger partial charge in [0.25, 0.3) is 0 Å². The molecule has 0 unspecified atom stereocenters. The van der Waals surface area contributed by atoms with E-state index in [0.717, 1.165) is 17.0 Å². The molecule has 0 aliphatic carbocycles. The van der Waals surface area contributed by atoms with Gasteiger partial charge in [-0.3, -0.25) is 9.78 Å². The van der Waals surface area contributed by atoms with E-state index in [2.05, 4.69) is 11.6 Å². The van der Waals surface area contributed by atoms with E-state index in [0.29, 0.717) is 17.1 Å². The first-order chi connectivity index (χ1) is 13.4. The van der Waals surface area contributed by atoms with Crippen molar-refractivity contribution >= 4 is 11.5 Å². The predicted octanol–water partition coefficient (Wildman–Crippen LogP) is 5.65. The van der Waals surface area contributed by atoms with Crippen LogP contribution in [0.15, 0.2) is 73.4 Å². The van der Waals surface area contributed by atoms with Crippen LogP contribution in [0.1, 0.15) is 34.1 Å². The first-order valence-electron chi connectivity index (χ1n) is 8.91. The molecule has 144 valence electrons. The lowest BCUT2D eigenvalue weighted by Crippen LogP contribution is -1.96. The van der Waals surface area contributed by atoms with Gasteiger partial charge in [-0.05, 0) is 51.1 Å². The molecular weight excluding hydrogens is 350 g/mol. The lowest BCUT2D eigenvalue weighted by molar-refractivity contribution is 0.101. The summed E-state index contributed by atoms with van der Waals surface area (Å²) in [5.74, 6) is 2.06. The molecule has 4 nitrogen and oxygen atoms in total. The summed E-state index contributed by atoms with van der Waals surface area (Å²) in [6.07, 6.45) is 1.75. The van der Waals surface area contributed by atoms with E-state index >= 15 is 0 Å². The Kier molecular flexibility index (Phi) is 7.52. The fourth-order valence-corrected chi connectivity index (χ4v) is 2.52. The number of nitrogens with zero attached hydrogens (tertiary/aromatic N) is 1. The molecule has 2 aromatic carbocycles. The molecule has 0 saturated heterocycles. The Labute approximate surface area is 166 Å². The van der Waals surface area contributed by atoms with Gasteiger partial charge in [0.05, 0.1) is 18.4 Å². The normalized spacial score (nSPS) is 9.71. The van der Waals surface area contributed by atoms with Gasteiger partial charge >= 0.3 is 0 Å². The van der Waals surface area contributed by atoms with Crippen LogP contribution in [0.4, 0.5) is 0 Å². The van der Waals surface area contributed by atoms with Gasteiger partial charge in [0.15, 0.2) is 5.78 Å². The van der Waals surface area contributed by atoms with Crippen molar-refractivity contribution in [1.82, 2.24) is 4.98 Å². The minimum atomic E-state index is 0.0300. The molecule has 0 radical (unpaired) electrons. The molecule has 4 heteroatoms. The molecule has 0 aliphatic rings. The van der Waals surface area contributed by atoms with Crippen molar-refractivity contribution < 1.29 is 14.3 Å². The van der Waals surface area contributed by atoms with Crippen molar-refractivity contribution in [1.29, 1.82) is 0 Å². The number of carbonyl (C=O) groups excluding carboxylic acids is 1. The van der Waals surface area contributed by atoms with E-state index in [-0.39, 0.29) is 5.78 Å². The monoisotopic (exact) mass is 375 g/mol. The highest BCUT2D eigenvalue weighted by atomic mass is 16.5. The summed E-state index contributed by atoms with van der Waals surface area (Å²) < 4.78 is 10.7. The van der Waals surface area contributed by atoms with Gasteiger partial charge in [-0.2, -0.15) is 0 Å². The van der Waals surface area contributed by atoms with Crippen molar-refractivity contribution in [3.05, 3.63) is 95.8 Å². The van der Waals surface area contributed by atoms with Crippen LogP contribution in [0.5, 0.6) is 11.5 Å². The van der Waals surface area contributed by atoms with E-state index in [1.807, 2.05) is 62.4 Å². The van der Waals surface area contributed by atoms with Crippen molar-refractivity contribution in [2.45, 2.75) is 20.8 Å². The largest absolute Gasteiger partial charge is 0.496 e.